The molecule has 4 heteroatoms. The van der Waals surface area contributed by atoms with Crippen molar-refractivity contribution in [3.8, 4) is 0 Å². The lowest BCUT2D eigenvalue weighted by Gasteiger charge is -2.15. The zero-order valence-electron chi connectivity index (χ0n) is 30.1. The molecule has 46 heavy (non-hydrogen) atoms. The Kier molecular flexibility index (Phi) is 37.2. The highest BCUT2D eigenvalue weighted by Gasteiger charge is 2.13. The zero-order valence-corrected chi connectivity index (χ0v) is 30.1. The van der Waals surface area contributed by atoms with E-state index in [0.29, 0.717) is 13.0 Å². The van der Waals surface area contributed by atoms with E-state index < -0.39 is 6.10 Å². The molecule has 1 N–H and O–H groups in total. The molecular formula is C42H72O4. The van der Waals surface area contributed by atoms with E-state index in [9.17, 15) is 9.90 Å². The minimum absolute atomic E-state index is 0.207. The Morgan fingerprint density at radius 3 is 1.48 bits per heavy atom. The quantitative estimate of drug-likeness (QED) is 0.0432. The van der Waals surface area contributed by atoms with Crippen molar-refractivity contribution < 1.29 is 19.4 Å². The van der Waals surface area contributed by atoms with E-state index >= 15 is 0 Å². The van der Waals surface area contributed by atoms with Crippen molar-refractivity contribution in [3.63, 3.8) is 0 Å². The van der Waals surface area contributed by atoms with Gasteiger partial charge in [-0.3, -0.25) is 4.79 Å². The fourth-order valence-electron chi connectivity index (χ4n) is 4.97. The van der Waals surface area contributed by atoms with Crippen LogP contribution >= 0.6 is 0 Å². The SMILES string of the molecule is CC/C=C\C/C=C\C/C=C\C/C=C\C/C=C\CCOCC(CO)OC(=O)CCCCCCCCC/C=C\CCCCCCCCC. The van der Waals surface area contributed by atoms with Gasteiger partial charge >= 0.3 is 5.97 Å². The minimum atomic E-state index is -0.578. The molecule has 0 aliphatic heterocycles. The van der Waals surface area contributed by atoms with Crippen molar-refractivity contribution in [1.29, 1.82) is 0 Å². The van der Waals surface area contributed by atoms with Crippen LogP contribution in [-0.2, 0) is 14.3 Å². The molecular weight excluding hydrogens is 568 g/mol. The third kappa shape index (κ3) is 36.3. The van der Waals surface area contributed by atoms with Crippen molar-refractivity contribution >= 4 is 5.97 Å². The largest absolute Gasteiger partial charge is 0.457 e. The lowest BCUT2D eigenvalue weighted by atomic mass is 10.1. The van der Waals surface area contributed by atoms with Gasteiger partial charge in [-0.1, -0.05) is 157 Å². The molecule has 0 aromatic rings. The Morgan fingerprint density at radius 2 is 0.978 bits per heavy atom. The molecule has 0 radical (unpaired) electrons. The van der Waals surface area contributed by atoms with Crippen LogP contribution in [0.15, 0.2) is 72.9 Å². The fourth-order valence-corrected chi connectivity index (χ4v) is 4.97. The third-order valence-electron chi connectivity index (χ3n) is 7.78. The second-order valence-electron chi connectivity index (χ2n) is 12.3. The Labute approximate surface area is 285 Å². The molecule has 0 rings (SSSR count). The Bertz CT molecular complexity index is 804. The molecule has 0 aliphatic carbocycles. The van der Waals surface area contributed by atoms with E-state index in [1.54, 1.807) is 0 Å². The first-order valence-corrected chi connectivity index (χ1v) is 19.0. The molecule has 0 amide bonds. The number of aliphatic hydroxyl groups is 1. The van der Waals surface area contributed by atoms with Crippen LogP contribution in [-0.4, -0.2) is 37.0 Å². The van der Waals surface area contributed by atoms with E-state index in [2.05, 4.69) is 86.8 Å². The molecule has 0 aromatic heterocycles. The van der Waals surface area contributed by atoms with Crippen LogP contribution < -0.4 is 0 Å². The summed E-state index contributed by atoms with van der Waals surface area (Å²) < 4.78 is 11.0. The van der Waals surface area contributed by atoms with Gasteiger partial charge in [-0.15, -0.1) is 0 Å². The van der Waals surface area contributed by atoms with Crippen LogP contribution in [0, 0.1) is 0 Å². The average Bonchev–Trinajstić information content (AvgIpc) is 3.06. The van der Waals surface area contributed by atoms with Crippen molar-refractivity contribution in [2.45, 2.75) is 168 Å². The maximum absolute atomic E-state index is 12.2. The van der Waals surface area contributed by atoms with Crippen LogP contribution in [0.4, 0.5) is 0 Å². The van der Waals surface area contributed by atoms with Gasteiger partial charge in [0.15, 0.2) is 0 Å². The number of aliphatic hydroxyl groups excluding tert-OH is 1. The first kappa shape index (κ1) is 43.8. The highest BCUT2D eigenvalue weighted by atomic mass is 16.6. The average molecular weight is 641 g/mol. The van der Waals surface area contributed by atoms with Gasteiger partial charge in [0.05, 0.1) is 19.8 Å². The minimum Gasteiger partial charge on any atom is -0.457 e. The Hall–Kier alpha value is -2.17. The number of esters is 1. The molecule has 1 atom stereocenters. The zero-order chi connectivity index (χ0) is 33.4. The highest BCUT2D eigenvalue weighted by Crippen LogP contribution is 2.12. The van der Waals surface area contributed by atoms with Crippen LogP contribution in [0.25, 0.3) is 0 Å². The summed E-state index contributed by atoms with van der Waals surface area (Å²) in [6.07, 6.45) is 52.5. The van der Waals surface area contributed by atoms with Crippen molar-refractivity contribution in [2.24, 2.45) is 0 Å². The smallest absolute Gasteiger partial charge is 0.306 e. The van der Waals surface area contributed by atoms with Gasteiger partial charge in [0, 0.05) is 6.42 Å². The normalized spacial score (nSPS) is 13.2. The monoisotopic (exact) mass is 641 g/mol. The summed E-state index contributed by atoms with van der Waals surface area (Å²) in [7, 11) is 0. The first-order valence-electron chi connectivity index (χ1n) is 19.0. The second kappa shape index (κ2) is 39.0. The van der Waals surface area contributed by atoms with Crippen LogP contribution in [0.2, 0.25) is 0 Å². The van der Waals surface area contributed by atoms with Crippen LogP contribution in [0.1, 0.15) is 162 Å². The Balaban J connectivity index is 3.58. The van der Waals surface area contributed by atoms with Crippen molar-refractivity contribution in [1.82, 2.24) is 0 Å². The van der Waals surface area contributed by atoms with Gasteiger partial charge in [-0.05, 0) is 70.6 Å². The molecule has 0 aromatic carbocycles. The number of rotatable bonds is 34. The summed E-state index contributed by atoms with van der Waals surface area (Å²) in [5.41, 5.74) is 0. The number of unbranched alkanes of at least 4 members (excludes halogenated alkanes) is 14. The van der Waals surface area contributed by atoms with E-state index in [4.69, 9.17) is 9.47 Å². The van der Waals surface area contributed by atoms with E-state index in [0.717, 1.165) is 51.4 Å². The first-order chi connectivity index (χ1) is 22.7. The fraction of sp³-hybridized carbons (Fsp3) is 0.690. The summed E-state index contributed by atoms with van der Waals surface area (Å²) >= 11 is 0. The number of ether oxygens (including phenoxy) is 2. The van der Waals surface area contributed by atoms with Crippen LogP contribution in [0.3, 0.4) is 0 Å². The van der Waals surface area contributed by atoms with Gasteiger partial charge in [0.25, 0.3) is 0 Å². The number of carbonyl (C=O) groups is 1. The third-order valence-corrected chi connectivity index (χ3v) is 7.78. The number of allylic oxidation sites excluding steroid dienone is 11. The van der Waals surface area contributed by atoms with E-state index in [1.807, 2.05) is 0 Å². The second-order valence-corrected chi connectivity index (χ2v) is 12.3. The highest BCUT2D eigenvalue weighted by molar-refractivity contribution is 5.69. The van der Waals surface area contributed by atoms with E-state index in [-0.39, 0.29) is 19.2 Å². The Morgan fingerprint density at radius 1 is 0.543 bits per heavy atom. The van der Waals surface area contributed by atoms with Gasteiger partial charge in [0.2, 0.25) is 0 Å². The molecule has 1 unspecified atom stereocenters. The number of hydrogen-bond donors (Lipinski definition) is 1. The summed E-state index contributed by atoms with van der Waals surface area (Å²) in [4.78, 5) is 12.2. The summed E-state index contributed by atoms with van der Waals surface area (Å²) in [5, 5.41) is 9.55. The lowest BCUT2D eigenvalue weighted by molar-refractivity contribution is -0.154. The van der Waals surface area contributed by atoms with Gasteiger partial charge < -0.3 is 14.6 Å². The number of carbonyl (C=O) groups excluding carboxylic acids is 1. The molecule has 0 heterocycles. The summed E-state index contributed by atoms with van der Waals surface area (Å²) in [5.74, 6) is -0.233. The molecule has 4 nitrogen and oxygen atoms in total. The molecule has 264 valence electrons. The van der Waals surface area contributed by atoms with Gasteiger partial charge in [-0.25, -0.2) is 0 Å². The maximum Gasteiger partial charge on any atom is 0.306 e. The predicted octanol–water partition coefficient (Wildman–Crippen LogP) is 12.3. The molecule has 0 saturated carbocycles. The van der Waals surface area contributed by atoms with Crippen molar-refractivity contribution in [3.05, 3.63) is 72.9 Å². The molecule has 0 bridgehead atoms. The van der Waals surface area contributed by atoms with E-state index in [1.165, 1.54) is 89.9 Å². The number of hydrogen-bond acceptors (Lipinski definition) is 4. The summed E-state index contributed by atoms with van der Waals surface area (Å²) in [6.45, 7) is 5.01. The predicted molar refractivity (Wildman–Crippen MR) is 200 cm³/mol. The standard InChI is InChI=1S/C42H72O4/c1-3-5-7-9-11-13-15-17-19-21-22-23-25-27-29-31-33-35-37-42(44)46-41(39-43)40-45-38-36-34-32-30-28-26-24-20-18-16-14-12-10-8-6-4-2/h6,8,12,14,18-21,26,28,32,34,41,43H,3-5,7,9-11,13,15-17,22-25,27,29-31,33,35-40H2,1-2H3/b8-6-,14-12-,20-18-,21-19-,28-26-,34-32-. The van der Waals surface area contributed by atoms with Crippen LogP contribution in [0.5, 0.6) is 0 Å². The lowest BCUT2D eigenvalue weighted by Crippen LogP contribution is -2.27. The molecule has 0 saturated heterocycles. The maximum atomic E-state index is 12.2. The molecule has 0 fully saturated rings. The molecule has 0 spiro atoms. The summed E-state index contributed by atoms with van der Waals surface area (Å²) in [6, 6.07) is 0. The van der Waals surface area contributed by atoms with Gasteiger partial charge in [0.1, 0.15) is 6.10 Å². The van der Waals surface area contributed by atoms with Crippen molar-refractivity contribution in [2.75, 3.05) is 19.8 Å². The molecule has 0 aliphatic rings. The topological polar surface area (TPSA) is 55.8 Å². The van der Waals surface area contributed by atoms with Gasteiger partial charge in [-0.2, -0.15) is 0 Å².